The van der Waals surface area contributed by atoms with E-state index in [0.29, 0.717) is 16.5 Å². The van der Waals surface area contributed by atoms with Gasteiger partial charge in [0, 0.05) is 5.56 Å². The number of aryl methyl sites for hydroxylation is 1. The molecular weight excluding hydrogens is 243 g/mol. The Bertz CT molecular complexity index is 698. The summed E-state index contributed by atoms with van der Waals surface area (Å²) in [5, 5.41) is 0.495. The zero-order chi connectivity index (χ0) is 13.2. The van der Waals surface area contributed by atoms with Gasteiger partial charge in [0.1, 0.15) is 23.8 Å². The molecular formula is C16H13FO2. The average Bonchev–Trinajstić information content (AvgIpc) is 2.83. The molecule has 0 unspecified atom stereocenters. The smallest absolute Gasteiger partial charge is 0.137 e. The van der Waals surface area contributed by atoms with Gasteiger partial charge < -0.3 is 9.15 Å². The Morgan fingerprint density at radius 2 is 1.89 bits per heavy atom. The van der Waals surface area contributed by atoms with Crippen LogP contribution >= 0.6 is 0 Å². The van der Waals surface area contributed by atoms with Gasteiger partial charge in [0.15, 0.2) is 0 Å². The molecule has 0 spiro atoms. The number of benzene rings is 2. The highest BCUT2D eigenvalue weighted by Gasteiger charge is 2.10. The van der Waals surface area contributed by atoms with Crippen molar-refractivity contribution in [1.82, 2.24) is 0 Å². The van der Waals surface area contributed by atoms with E-state index in [2.05, 4.69) is 0 Å². The first kappa shape index (κ1) is 11.8. The molecule has 0 saturated heterocycles. The summed E-state index contributed by atoms with van der Waals surface area (Å²) in [5.74, 6) is 0.477. The van der Waals surface area contributed by atoms with Crippen LogP contribution in [0.3, 0.4) is 0 Å². The topological polar surface area (TPSA) is 22.4 Å². The largest absolute Gasteiger partial charge is 0.489 e. The molecule has 1 heterocycles. The molecule has 19 heavy (non-hydrogen) atoms. The van der Waals surface area contributed by atoms with E-state index in [1.54, 1.807) is 18.4 Å². The molecule has 3 heteroatoms. The van der Waals surface area contributed by atoms with Crippen molar-refractivity contribution >= 4 is 11.0 Å². The number of hydrogen-bond donors (Lipinski definition) is 0. The van der Waals surface area contributed by atoms with Gasteiger partial charge in [-0.1, -0.05) is 23.8 Å². The Morgan fingerprint density at radius 1 is 1.11 bits per heavy atom. The highest BCUT2D eigenvalue weighted by atomic mass is 19.1. The third-order valence-corrected chi connectivity index (χ3v) is 3.04. The Labute approximate surface area is 110 Å². The quantitative estimate of drug-likeness (QED) is 0.690. The van der Waals surface area contributed by atoms with Crippen LogP contribution in [0.5, 0.6) is 5.75 Å². The maximum Gasteiger partial charge on any atom is 0.137 e. The van der Waals surface area contributed by atoms with Gasteiger partial charge in [-0.05, 0) is 31.2 Å². The van der Waals surface area contributed by atoms with Crippen LogP contribution in [0.1, 0.15) is 11.1 Å². The van der Waals surface area contributed by atoms with Gasteiger partial charge in [0.25, 0.3) is 0 Å². The van der Waals surface area contributed by atoms with Crippen LogP contribution in [-0.4, -0.2) is 0 Å². The molecule has 0 atom stereocenters. The lowest BCUT2D eigenvalue weighted by molar-refractivity contribution is 0.305. The summed E-state index contributed by atoms with van der Waals surface area (Å²) in [6.07, 6.45) is 1.54. The molecule has 0 radical (unpaired) electrons. The fourth-order valence-corrected chi connectivity index (χ4v) is 2.01. The van der Waals surface area contributed by atoms with Crippen molar-refractivity contribution in [3.8, 4) is 5.75 Å². The number of hydrogen-bond acceptors (Lipinski definition) is 2. The molecule has 0 aliphatic rings. The minimum Gasteiger partial charge on any atom is -0.489 e. The standard InChI is InChI=1S/C16H13FO2/c1-11-5-7-13(8-6-11)18-9-12-10-19-15-4-2-3-14(17)16(12)15/h2-8,10H,9H2,1H3. The Morgan fingerprint density at radius 3 is 2.68 bits per heavy atom. The van der Waals surface area contributed by atoms with E-state index in [1.807, 2.05) is 31.2 Å². The lowest BCUT2D eigenvalue weighted by Gasteiger charge is -2.05. The average molecular weight is 256 g/mol. The molecule has 3 aromatic rings. The number of rotatable bonds is 3. The predicted octanol–water partition coefficient (Wildman–Crippen LogP) is 4.46. The molecule has 0 bridgehead atoms. The summed E-state index contributed by atoms with van der Waals surface area (Å²) in [7, 11) is 0. The van der Waals surface area contributed by atoms with Crippen molar-refractivity contribution in [1.29, 1.82) is 0 Å². The Balaban J connectivity index is 1.84. The van der Waals surface area contributed by atoms with Gasteiger partial charge in [-0.3, -0.25) is 0 Å². The van der Waals surface area contributed by atoms with Gasteiger partial charge >= 0.3 is 0 Å². The van der Waals surface area contributed by atoms with E-state index in [0.717, 1.165) is 5.75 Å². The van der Waals surface area contributed by atoms with Crippen molar-refractivity contribution in [2.75, 3.05) is 0 Å². The number of halogens is 1. The highest BCUT2D eigenvalue weighted by Crippen LogP contribution is 2.25. The van der Waals surface area contributed by atoms with E-state index < -0.39 is 0 Å². The summed E-state index contributed by atoms with van der Waals surface area (Å²) < 4.78 is 24.7. The second-order valence-electron chi connectivity index (χ2n) is 4.48. The SMILES string of the molecule is Cc1ccc(OCc2coc3cccc(F)c23)cc1. The van der Waals surface area contributed by atoms with Crippen LogP contribution < -0.4 is 4.74 Å². The van der Waals surface area contributed by atoms with E-state index >= 15 is 0 Å². The fourth-order valence-electron chi connectivity index (χ4n) is 2.01. The molecule has 96 valence electrons. The molecule has 0 aliphatic heterocycles. The normalized spacial score (nSPS) is 10.8. The van der Waals surface area contributed by atoms with Gasteiger partial charge in [-0.15, -0.1) is 0 Å². The van der Waals surface area contributed by atoms with Crippen molar-refractivity contribution in [2.24, 2.45) is 0 Å². The van der Waals surface area contributed by atoms with Gasteiger partial charge in [0.2, 0.25) is 0 Å². The van der Waals surface area contributed by atoms with Crippen molar-refractivity contribution in [3.05, 3.63) is 65.7 Å². The van der Waals surface area contributed by atoms with Gasteiger partial charge in [-0.2, -0.15) is 0 Å². The maximum atomic E-state index is 13.7. The first-order valence-electron chi connectivity index (χ1n) is 6.08. The van der Waals surface area contributed by atoms with Crippen molar-refractivity contribution in [3.63, 3.8) is 0 Å². The predicted molar refractivity (Wildman–Crippen MR) is 71.7 cm³/mol. The Hall–Kier alpha value is -2.29. The zero-order valence-electron chi connectivity index (χ0n) is 10.5. The van der Waals surface area contributed by atoms with Crippen LogP contribution in [0, 0.1) is 12.7 Å². The molecule has 2 nitrogen and oxygen atoms in total. The molecule has 1 aromatic heterocycles. The summed E-state index contributed by atoms with van der Waals surface area (Å²) in [6.45, 7) is 2.31. The summed E-state index contributed by atoms with van der Waals surface area (Å²) in [4.78, 5) is 0. The van der Waals surface area contributed by atoms with Gasteiger partial charge in [0.05, 0.1) is 11.6 Å². The fraction of sp³-hybridized carbons (Fsp3) is 0.125. The van der Waals surface area contributed by atoms with Crippen LogP contribution in [0.25, 0.3) is 11.0 Å². The van der Waals surface area contributed by atoms with Crippen LogP contribution in [0.15, 0.2) is 53.1 Å². The molecule has 0 aliphatic carbocycles. The summed E-state index contributed by atoms with van der Waals surface area (Å²) in [6, 6.07) is 12.5. The van der Waals surface area contributed by atoms with E-state index in [9.17, 15) is 4.39 Å². The third kappa shape index (κ3) is 2.32. The van der Waals surface area contributed by atoms with Crippen molar-refractivity contribution in [2.45, 2.75) is 13.5 Å². The van der Waals surface area contributed by atoms with Gasteiger partial charge in [-0.25, -0.2) is 4.39 Å². The first-order valence-corrected chi connectivity index (χ1v) is 6.08. The highest BCUT2D eigenvalue weighted by molar-refractivity contribution is 5.81. The van der Waals surface area contributed by atoms with Crippen molar-refractivity contribution < 1.29 is 13.5 Å². The van der Waals surface area contributed by atoms with Crippen LogP contribution in [0.2, 0.25) is 0 Å². The lowest BCUT2D eigenvalue weighted by Crippen LogP contribution is -1.95. The second kappa shape index (κ2) is 4.76. The lowest BCUT2D eigenvalue weighted by atomic mass is 10.2. The van der Waals surface area contributed by atoms with E-state index in [4.69, 9.17) is 9.15 Å². The molecule has 0 amide bonds. The molecule has 3 rings (SSSR count). The number of fused-ring (bicyclic) bond motifs is 1. The van der Waals surface area contributed by atoms with Crippen LogP contribution in [0.4, 0.5) is 4.39 Å². The molecule has 0 N–H and O–H groups in total. The maximum absolute atomic E-state index is 13.7. The number of furan rings is 1. The molecule has 2 aromatic carbocycles. The molecule has 0 saturated carbocycles. The second-order valence-corrected chi connectivity index (χ2v) is 4.48. The van der Waals surface area contributed by atoms with E-state index in [1.165, 1.54) is 11.6 Å². The third-order valence-electron chi connectivity index (χ3n) is 3.04. The van der Waals surface area contributed by atoms with E-state index in [-0.39, 0.29) is 12.4 Å². The minimum absolute atomic E-state index is 0.284. The monoisotopic (exact) mass is 256 g/mol. The first-order chi connectivity index (χ1) is 9.24. The zero-order valence-corrected chi connectivity index (χ0v) is 10.5. The summed E-state index contributed by atoms with van der Waals surface area (Å²) >= 11 is 0. The summed E-state index contributed by atoms with van der Waals surface area (Å²) in [5.41, 5.74) is 2.43. The van der Waals surface area contributed by atoms with Crippen LogP contribution in [-0.2, 0) is 6.61 Å². The number of ether oxygens (including phenoxy) is 1. The Kier molecular flexibility index (Phi) is 2.95. The molecule has 0 fully saturated rings. The minimum atomic E-state index is -0.284.